The number of hydrogen-bond acceptors (Lipinski definition) is 5. The van der Waals surface area contributed by atoms with E-state index in [4.69, 9.17) is 4.74 Å². The van der Waals surface area contributed by atoms with Crippen LogP contribution in [0.5, 0.6) is 6.01 Å². The Morgan fingerprint density at radius 3 is 2.46 bits per heavy atom. The fourth-order valence-electron chi connectivity index (χ4n) is 3.75. The van der Waals surface area contributed by atoms with Crippen LogP contribution in [0, 0.1) is 18.8 Å². The van der Waals surface area contributed by atoms with Gasteiger partial charge in [-0.25, -0.2) is 9.97 Å². The monoisotopic (exact) mass is 360 g/mol. The zero-order valence-electron chi connectivity index (χ0n) is 15.7. The van der Waals surface area contributed by atoms with Crippen LogP contribution in [0.3, 0.4) is 0 Å². The van der Waals surface area contributed by atoms with E-state index in [1.54, 1.807) is 19.3 Å². The van der Waals surface area contributed by atoms with E-state index in [2.05, 4.69) is 9.97 Å². The summed E-state index contributed by atoms with van der Waals surface area (Å²) >= 11 is 0. The quantitative estimate of drug-likeness (QED) is 0.816. The Balaban J connectivity index is 1.47. The molecule has 0 saturated carbocycles. The second-order valence-corrected chi connectivity index (χ2v) is 7.43. The number of carbonyl (C=O) groups excluding carboxylic acids is 2. The number of nitrogens with zero attached hydrogens (tertiary/aromatic N) is 4. The third kappa shape index (κ3) is 4.71. The molecule has 1 aromatic heterocycles. The Kier molecular flexibility index (Phi) is 6.06. The SMILES string of the molecule is CC(=O)N1CCC(C(=O)N2CCCC(COc3ncc(C)cn3)C2)CC1. The summed E-state index contributed by atoms with van der Waals surface area (Å²) in [6, 6.07) is 0.399. The summed E-state index contributed by atoms with van der Waals surface area (Å²) in [5.74, 6) is 0.703. The molecule has 7 nitrogen and oxygen atoms in total. The molecule has 2 amide bonds. The lowest BCUT2D eigenvalue weighted by molar-refractivity contribution is -0.141. The number of aryl methyl sites for hydroxylation is 1. The lowest BCUT2D eigenvalue weighted by Gasteiger charge is -2.37. The first kappa shape index (κ1) is 18.6. The predicted molar refractivity (Wildman–Crippen MR) is 96.5 cm³/mol. The maximum absolute atomic E-state index is 12.8. The number of carbonyl (C=O) groups is 2. The summed E-state index contributed by atoms with van der Waals surface area (Å²) in [6.07, 6.45) is 7.08. The first-order valence-electron chi connectivity index (χ1n) is 9.48. The number of hydrogen-bond donors (Lipinski definition) is 0. The number of piperidine rings is 2. The zero-order valence-corrected chi connectivity index (χ0v) is 15.7. The van der Waals surface area contributed by atoms with Crippen LogP contribution in [0.2, 0.25) is 0 Å². The van der Waals surface area contributed by atoms with Crippen molar-refractivity contribution in [3.63, 3.8) is 0 Å². The van der Waals surface area contributed by atoms with E-state index in [0.717, 1.165) is 44.3 Å². The summed E-state index contributed by atoms with van der Waals surface area (Å²) in [6.45, 7) is 7.01. The van der Waals surface area contributed by atoms with Crippen molar-refractivity contribution in [2.24, 2.45) is 11.8 Å². The molecule has 3 heterocycles. The van der Waals surface area contributed by atoms with E-state index in [1.165, 1.54) is 0 Å². The summed E-state index contributed by atoms with van der Waals surface area (Å²) < 4.78 is 5.71. The molecule has 0 aromatic carbocycles. The molecular formula is C19H28N4O3. The Bertz CT molecular complexity index is 626. The van der Waals surface area contributed by atoms with Crippen LogP contribution in [-0.2, 0) is 9.59 Å². The number of rotatable bonds is 4. The topological polar surface area (TPSA) is 75.6 Å². The zero-order chi connectivity index (χ0) is 18.5. The van der Waals surface area contributed by atoms with Gasteiger partial charge in [-0.1, -0.05) is 0 Å². The van der Waals surface area contributed by atoms with E-state index in [0.29, 0.717) is 31.6 Å². The maximum atomic E-state index is 12.8. The Labute approximate surface area is 154 Å². The highest BCUT2D eigenvalue weighted by molar-refractivity contribution is 5.79. The van der Waals surface area contributed by atoms with Crippen molar-refractivity contribution < 1.29 is 14.3 Å². The molecule has 0 aliphatic carbocycles. The second kappa shape index (κ2) is 8.47. The van der Waals surface area contributed by atoms with Crippen LogP contribution in [0.4, 0.5) is 0 Å². The van der Waals surface area contributed by atoms with Crippen molar-refractivity contribution in [3.05, 3.63) is 18.0 Å². The highest BCUT2D eigenvalue weighted by Crippen LogP contribution is 2.24. The molecular weight excluding hydrogens is 332 g/mol. The summed E-state index contributed by atoms with van der Waals surface area (Å²) in [5.41, 5.74) is 1.00. The van der Waals surface area contributed by atoms with Gasteiger partial charge in [0.1, 0.15) is 0 Å². The van der Waals surface area contributed by atoms with E-state index in [-0.39, 0.29) is 17.7 Å². The summed E-state index contributed by atoms with van der Waals surface area (Å²) in [7, 11) is 0. The molecule has 0 bridgehead atoms. The van der Waals surface area contributed by atoms with Crippen molar-refractivity contribution in [2.75, 3.05) is 32.8 Å². The fourth-order valence-corrected chi connectivity index (χ4v) is 3.75. The highest BCUT2D eigenvalue weighted by atomic mass is 16.5. The van der Waals surface area contributed by atoms with Crippen LogP contribution in [0.1, 0.15) is 38.2 Å². The number of aromatic nitrogens is 2. The van der Waals surface area contributed by atoms with Crippen molar-refractivity contribution in [3.8, 4) is 6.01 Å². The average molecular weight is 360 g/mol. The third-order valence-electron chi connectivity index (χ3n) is 5.33. The maximum Gasteiger partial charge on any atom is 0.316 e. The van der Waals surface area contributed by atoms with Gasteiger partial charge in [-0.2, -0.15) is 0 Å². The summed E-state index contributed by atoms with van der Waals surface area (Å²) in [5, 5.41) is 0. The molecule has 26 heavy (non-hydrogen) atoms. The van der Waals surface area contributed by atoms with Gasteiger partial charge in [-0.3, -0.25) is 9.59 Å². The molecule has 2 aliphatic heterocycles. The largest absolute Gasteiger partial charge is 0.463 e. The van der Waals surface area contributed by atoms with E-state index >= 15 is 0 Å². The molecule has 2 fully saturated rings. The Morgan fingerprint density at radius 2 is 1.81 bits per heavy atom. The Hall–Kier alpha value is -2.18. The molecule has 2 saturated heterocycles. The number of ether oxygens (including phenoxy) is 1. The summed E-state index contributed by atoms with van der Waals surface area (Å²) in [4.78, 5) is 36.4. The van der Waals surface area contributed by atoms with Crippen LogP contribution in [0.15, 0.2) is 12.4 Å². The van der Waals surface area contributed by atoms with Gasteiger partial charge in [-0.05, 0) is 38.2 Å². The number of amides is 2. The fraction of sp³-hybridized carbons (Fsp3) is 0.684. The van der Waals surface area contributed by atoms with Gasteiger partial charge in [0, 0.05) is 57.3 Å². The predicted octanol–water partition coefficient (Wildman–Crippen LogP) is 1.66. The second-order valence-electron chi connectivity index (χ2n) is 7.43. The van der Waals surface area contributed by atoms with Gasteiger partial charge in [0.05, 0.1) is 6.61 Å². The molecule has 2 aliphatic rings. The molecule has 0 N–H and O–H groups in total. The van der Waals surface area contributed by atoms with Gasteiger partial charge in [0.15, 0.2) is 0 Å². The van der Waals surface area contributed by atoms with Crippen LogP contribution in [0.25, 0.3) is 0 Å². The lowest BCUT2D eigenvalue weighted by atomic mass is 9.92. The first-order chi connectivity index (χ1) is 12.5. The van der Waals surface area contributed by atoms with Gasteiger partial charge >= 0.3 is 6.01 Å². The molecule has 1 atom stereocenters. The van der Waals surface area contributed by atoms with Crippen LogP contribution >= 0.6 is 0 Å². The molecule has 3 rings (SSSR count). The highest BCUT2D eigenvalue weighted by Gasteiger charge is 2.32. The van der Waals surface area contributed by atoms with Gasteiger partial charge in [-0.15, -0.1) is 0 Å². The Morgan fingerprint density at radius 1 is 1.12 bits per heavy atom. The van der Waals surface area contributed by atoms with E-state index < -0.39 is 0 Å². The third-order valence-corrected chi connectivity index (χ3v) is 5.33. The molecule has 1 aromatic rings. The standard InChI is InChI=1S/C19H28N4O3/c1-14-10-20-19(21-11-14)26-13-16-4-3-7-23(12-16)18(25)17-5-8-22(9-6-17)15(2)24/h10-11,16-17H,3-9,12-13H2,1-2H3. The van der Waals surface area contributed by atoms with Crippen molar-refractivity contribution in [1.82, 2.24) is 19.8 Å². The van der Waals surface area contributed by atoms with Gasteiger partial charge in [0.25, 0.3) is 0 Å². The molecule has 0 radical (unpaired) electrons. The van der Waals surface area contributed by atoms with Crippen molar-refractivity contribution >= 4 is 11.8 Å². The molecule has 142 valence electrons. The molecule has 1 unspecified atom stereocenters. The van der Waals surface area contributed by atoms with E-state index in [9.17, 15) is 9.59 Å². The van der Waals surface area contributed by atoms with E-state index in [1.807, 2.05) is 16.7 Å². The smallest absolute Gasteiger partial charge is 0.316 e. The minimum atomic E-state index is 0.0469. The minimum absolute atomic E-state index is 0.0469. The van der Waals surface area contributed by atoms with Crippen molar-refractivity contribution in [2.45, 2.75) is 39.5 Å². The first-order valence-corrected chi connectivity index (χ1v) is 9.48. The number of likely N-dealkylation sites (tertiary alicyclic amines) is 2. The van der Waals surface area contributed by atoms with Crippen molar-refractivity contribution in [1.29, 1.82) is 0 Å². The molecule has 0 spiro atoms. The van der Waals surface area contributed by atoms with Gasteiger partial charge < -0.3 is 14.5 Å². The minimum Gasteiger partial charge on any atom is -0.463 e. The lowest BCUT2D eigenvalue weighted by Crippen LogP contribution is -2.47. The average Bonchev–Trinajstić information content (AvgIpc) is 2.67. The normalized spacial score (nSPS) is 21.5. The van der Waals surface area contributed by atoms with Gasteiger partial charge in [0.2, 0.25) is 11.8 Å². The van der Waals surface area contributed by atoms with Crippen LogP contribution < -0.4 is 4.74 Å². The molecule has 7 heteroatoms. The van der Waals surface area contributed by atoms with Crippen LogP contribution in [-0.4, -0.2) is 64.4 Å².